The van der Waals surface area contributed by atoms with Crippen molar-refractivity contribution in [3.05, 3.63) is 47.5 Å². The topological polar surface area (TPSA) is 18.5 Å². The average Bonchev–Trinajstić information content (AvgIpc) is 2.37. The van der Waals surface area contributed by atoms with Crippen molar-refractivity contribution in [3.8, 4) is 11.5 Å². The van der Waals surface area contributed by atoms with Crippen LogP contribution >= 0.6 is 0 Å². The van der Waals surface area contributed by atoms with Crippen LogP contribution in [-0.4, -0.2) is 21.5 Å². The van der Waals surface area contributed by atoms with Gasteiger partial charge in [0, 0.05) is 12.1 Å². The van der Waals surface area contributed by atoms with Crippen LogP contribution in [0.4, 0.5) is 17.6 Å². The smallest absolute Gasteiger partial charge is 0.202 e. The molecular formula is C14H11BF4O2. The van der Waals surface area contributed by atoms with Crippen LogP contribution in [0.2, 0.25) is 0 Å². The van der Waals surface area contributed by atoms with Gasteiger partial charge in [-0.25, -0.2) is 17.6 Å². The summed E-state index contributed by atoms with van der Waals surface area (Å²) in [5.74, 6) is -3.74. The summed E-state index contributed by atoms with van der Waals surface area (Å²) in [5.41, 5.74) is 0.247. The minimum Gasteiger partial charge on any atom is -0.494 e. The quantitative estimate of drug-likeness (QED) is 0.631. The van der Waals surface area contributed by atoms with Gasteiger partial charge in [0.1, 0.15) is 23.1 Å². The maximum absolute atomic E-state index is 13.6. The zero-order chi connectivity index (χ0) is 15.6. The van der Waals surface area contributed by atoms with E-state index in [9.17, 15) is 17.6 Å². The third-order valence-corrected chi connectivity index (χ3v) is 2.96. The van der Waals surface area contributed by atoms with E-state index >= 15 is 0 Å². The number of hydrogen-bond acceptors (Lipinski definition) is 2. The number of hydrogen-bond donors (Lipinski definition) is 0. The highest BCUT2D eigenvalue weighted by Gasteiger charge is 2.18. The summed E-state index contributed by atoms with van der Waals surface area (Å²) in [6.07, 6.45) is 0. The second-order valence-electron chi connectivity index (χ2n) is 4.34. The van der Waals surface area contributed by atoms with Crippen molar-refractivity contribution in [2.75, 3.05) is 14.2 Å². The van der Waals surface area contributed by atoms with E-state index in [4.69, 9.17) is 9.47 Å². The molecule has 2 aromatic rings. The molecule has 0 aliphatic heterocycles. The van der Waals surface area contributed by atoms with Crippen molar-refractivity contribution in [2.45, 2.75) is 0 Å². The monoisotopic (exact) mass is 298 g/mol. The van der Waals surface area contributed by atoms with Gasteiger partial charge in [-0.2, -0.15) is 0 Å². The van der Waals surface area contributed by atoms with E-state index in [1.807, 2.05) is 0 Å². The standard InChI is InChI=1S/C14H11BF4O2/c1-20-13-9(3-7(16)5-11(13)18)15-10-4-8(17)6-12(19)14(10)21-2/h3-6,15H,1-2H3. The highest BCUT2D eigenvalue weighted by atomic mass is 19.1. The van der Waals surface area contributed by atoms with Crippen molar-refractivity contribution in [3.63, 3.8) is 0 Å². The van der Waals surface area contributed by atoms with E-state index in [0.29, 0.717) is 12.1 Å². The highest BCUT2D eigenvalue weighted by molar-refractivity contribution is 6.69. The van der Waals surface area contributed by atoms with Crippen LogP contribution < -0.4 is 20.4 Å². The molecule has 0 unspecified atom stereocenters. The largest absolute Gasteiger partial charge is 0.494 e. The fraction of sp³-hybridized carbons (Fsp3) is 0.143. The molecule has 0 N–H and O–H groups in total. The summed E-state index contributed by atoms with van der Waals surface area (Å²) >= 11 is 0. The van der Waals surface area contributed by atoms with Gasteiger partial charge in [-0.1, -0.05) is 0 Å². The average molecular weight is 298 g/mol. The van der Waals surface area contributed by atoms with E-state index in [1.165, 1.54) is 14.2 Å². The Bertz CT molecular complexity index is 619. The summed E-state index contributed by atoms with van der Waals surface area (Å²) in [4.78, 5) is 0. The molecule has 0 bridgehead atoms. The summed E-state index contributed by atoms with van der Waals surface area (Å²) in [6, 6.07) is 3.44. The van der Waals surface area contributed by atoms with Crippen LogP contribution in [0.15, 0.2) is 24.3 Å². The molecule has 2 aromatic carbocycles. The Morgan fingerprint density at radius 2 is 1.10 bits per heavy atom. The molecule has 0 heterocycles. The summed E-state index contributed by atoms with van der Waals surface area (Å²) in [5, 5.41) is 0. The third-order valence-electron chi connectivity index (χ3n) is 2.96. The summed E-state index contributed by atoms with van der Waals surface area (Å²) in [7, 11) is 2.31. The van der Waals surface area contributed by atoms with Gasteiger partial charge < -0.3 is 9.47 Å². The zero-order valence-electron chi connectivity index (χ0n) is 11.3. The van der Waals surface area contributed by atoms with Crippen LogP contribution in [0.3, 0.4) is 0 Å². The molecule has 21 heavy (non-hydrogen) atoms. The first-order chi connectivity index (χ1) is 9.96. The van der Waals surface area contributed by atoms with Gasteiger partial charge in [0.2, 0.25) is 7.28 Å². The number of benzene rings is 2. The van der Waals surface area contributed by atoms with Crippen LogP contribution in [0.25, 0.3) is 0 Å². The molecule has 0 radical (unpaired) electrons. The van der Waals surface area contributed by atoms with E-state index < -0.39 is 23.3 Å². The van der Waals surface area contributed by atoms with Crippen LogP contribution in [0, 0.1) is 23.3 Å². The van der Waals surface area contributed by atoms with Crippen molar-refractivity contribution in [1.29, 1.82) is 0 Å². The molecule has 0 aliphatic rings. The fourth-order valence-corrected chi connectivity index (χ4v) is 2.15. The molecule has 0 saturated carbocycles. The first-order valence-corrected chi connectivity index (χ1v) is 6.00. The Balaban J connectivity index is 2.52. The Morgan fingerprint density at radius 1 is 0.714 bits per heavy atom. The second kappa shape index (κ2) is 6.07. The second-order valence-corrected chi connectivity index (χ2v) is 4.34. The number of rotatable bonds is 4. The molecule has 0 aliphatic carbocycles. The maximum atomic E-state index is 13.6. The third kappa shape index (κ3) is 3.12. The van der Waals surface area contributed by atoms with Gasteiger partial charge in [0.05, 0.1) is 14.2 Å². The van der Waals surface area contributed by atoms with E-state index in [0.717, 1.165) is 12.1 Å². The normalized spacial score (nSPS) is 10.4. The van der Waals surface area contributed by atoms with Crippen molar-refractivity contribution in [2.24, 2.45) is 0 Å². The molecule has 0 atom stereocenters. The maximum Gasteiger partial charge on any atom is 0.202 e. The van der Waals surface area contributed by atoms with Crippen molar-refractivity contribution >= 4 is 18.2 Å². The Morgan fingerprint density at radius 3 is 1.43 bits per heavy atom. The molecule has 0 spiro atoms. The van der Waals surface area contributed by atoms with E-state index in [2.05, 4.69) is 0 Å². The van der Waals surface area contributed by atoms with Gasteiger partial charge in [-0.3, -0.25) is 0 Å². The number of methoxy groups -OCH3 is 2. The summed E-state index contributed by atoms with van der Waals surface area (Å²) in [6.45, 7) is 0. The van der Waals surface area contributed by atoms with Crippen LogP contribution in [0.1, 0.15) is 0 Å². The predicted octanol–water partition coefficient (Wildman–Crippen LogP) is 1.65. The molecule has 7 heteroatoms. The van der Waals surface area contributed by atoms with Gasteiger partial charge in [0.25, 0.3) is 0 Å². The fourth-order valence-electron chi connectivity index (χ4n) is 2.15. The Labute approximate surface area is 119 Å². The van der Waals surface area contributed by atoms with Gasteiger partial charge in [-0.15, -0.1) is 0 Å². The van der Waals surface area contributed by atoms with Crippen molar-refractivity contribution in [1.82, 2.24) is 0 Å². The molecule has 0 fully saturated rings. The van der Waals surface area contributed by atoms with Crippen molar-refractivity contribution < 1.29 is 27.0 Å². The first kappa shape index (κ1) is 15.2. The van der Waals surface area contributed by atoms with E-state index in [-0.39, 0.29) is 29.7 Å². The SMILES string of the molecule is COc1c(F)cc(F)cc1Bc1cc(F)cc(F)c1OC. The molecule has 0 saturated heterocycles. The highest BCUT2D eigenvalue weighted by Crippen LogP contribution is 2.17. The Kier molecular flexibility index (Phi) is 4.40. The lowest BCUT2D eigenvalue weighted by Gasteiger charge is -2.12. The van der Waals surface area contributed by atoms with Crippen LogP contribution in [0.5, 0.6) is 11.5 Å². The lowest BCUT2D eigenvalue weighted by atomic mass is 9.63. The number of ether oxygens (including phenoxy) is 2. The summed E-state index contributed by atoms with van der Waals surface area (Å²) < 4.78 is 63.6. The minimum absolute atomic E-state index is 0.123. The van der Waals surface area contributed by atoms with E-state index in [1.54, 1.807) is 0 Å². The molecule has 0 aromatic heterocycles. The van der Waals surface area contributed by atoms with Gasteiger partial charge >= 0.3 is 0 Å². The van der Waals surface area contributed by atoms with Gasteiger partial charge in [0.15, 0.2) is 11.6 Å². The Hall–Kier alpha value is -2.18. The molecule has 2 rings (SSSR count). The zero-order valence-corrected chi connectivity index (χ0v) is 11.3. The predicted molar refractivity (Wildman–Crippen MR) is 72.2 cm³/mol. The number of halogens is 4. The lowest BCUT2D eigenvalue weighted by Crippen LogP contribution is -2.31. The molecule has 2 nitrogen and oxygen atoms in total. The minimum atomic E-state index is -0.886. The molecular weight excluding hydrogens is 287 g/mol. The molecule has 0 amide bonds. The van der Waals surface area contributed by atoms with Crippen LogP contribution in [-0.2, 0) is 0 Å². The molecule has 110 valence electrons. The first-order valence-electron chi connectivity index (χ1n) is 6.00. The lowest BCUT2D eigenvalue weighted by molar-refractivity contribution is 0.386. The van der Waals surface area contributed by atoms with Gasteiger partial charge in [-0.05, 0) is 23.1 Å².